The van der Waals surface area contributed by atoms with Gasteiger partial charge in [-0.15, -0.1) is 0 Å². The van der Waals surface area contributed by atoms with Gasteiger partial charge < -0.3 is 5.11 Å². The summed E-state index contributed by atoms with van der Waals surface area (Å²) in [6, 6.07) is 7.01. The standard InChI is InChI=1S/C17H24FNO2/c1-13-5-2-3-8-16(13)19(10-9-17(20)21)12-14-6-4-7-15(18)11-14/h4,6-7,11,13,16H,2-3,5,8-10,12H2,1H3,(H,20,21). The van der Waals surface area contributed by atoms with E-state index in [-0.39, 0.29) is 12.2 Å². The summed E-state index contributed by atoms with van der Waals surface area (Å²) in [5.41, 5.74) is 0.915. The van der Waals surface area contributed by atoms with Gasteiger partial charge in [0.1, 0.15) is 5.82 Å². The first-order valence-corrected chi connectivity index (χ1v) is 7.76. The van der Waals surface area contributed by atoms with Crippen molar-refractivity contribution in [3.63, 3.8) is 0 Å². The molecule has 116 valence electrons. The monoisotopic (exact) mass is 293 g/mol. The molecule has 1 fully saturated rings. The molecule has 0 bridgehead atoms. The van der Waals surface area contributed by atoms with Crippen LogP contribution in [0.3, 0.4) is 0 Å². The van der Waals surface area contributed by atoms with Crippen molar-refractivity contribution in [3.8, 4) is 0 Å². The van der Waals surface area contributed by atoms with Gasteiger partial charge >= 0.3 is 5.97 Å². The average Bonchev–Trinajstić information content (AvgIpc) is 2.44. The molecule has 2 rings (SSSR count). The number of carboxylic acid groups (broad SMARTS) is 1. The van der Waals surface area contributed by atoms with E-state index in [1.807, 2.05) is 6.07 Å². The van der Waals surface area contributed by atoms with Gasteiger partial charge in [-0.25, -0.2) is 4.39 Å². The second-order valence-corrected chi connectivity index (χ2v) is 6.07. The van der Waals surface area contributed by atoms with Crippen molar-refractivity contribution < 1.29 is 14.3 Å². The van der Waals surface area contributed by atoms with E-state index >= 15 is 0 Å². The molecule has 0 aliphatic heterocycles. The summed E-state index contributed by atoms with van der Waals surface area (Å²) < 4.78 is 13.3. The molecule has 1 N–H and O–H groups in total. The number of nitrogens with zero attached hydrogens (tertiary/aromatic N) is 1. The van der Waals surface area contributed by atoms with Crippen molar-refractivity contribution in [2.75, 3.05) is 6.54 Å². The van der Waals surface area contributed by atoms with Crippen LogP contribution in [-0.4, -0.2) is 28.6 Å². The zero-order valence-electron chi connectivity index (χ0n) is 12.6. The largest absolute Gasteiger partial charge is 0.481 e. The highest BCUT2D eigenvalue weighted by Crippen LogP contribution is 2.29. The Morgan fingerprint density at radius 2 is 2.14 bits per heavy atom. The van der Waals surface area contributed by atoms with Gasteiger partial charge in [0.15, 0.2) is 0 Å². The van der Waals surface area contributed by atoms with Gasteiger partial charge in [0.05, 0.1) is 6.42 Å². The molecule has 0 aromatic heterocycles. The fraction of sp³-hybridized carbons (Fsp3) is 0.588. The lowest BCUT2D eigenvalue weighted by Crippen LogP contribution is -2.42. The Morgan fingerprint density at radius 1 is 1.38 bits per heavy atom. The SMILES string of the molecule is CC1CCCCC1N(CCC(=O)O)Cc1cccc(F)c1. The highest BCUT2D eigenvalue weighted by atomic mass is 19.1. The molecule has 0 radical (unpaired) electrons. The summed E-state index contributed by atoms with van der Waals surface area (Å²) in [5, 5.41) is 8.95. The van der Waals surface area contributed by atoms with Gasteiger partial charge in [-0.1, -0.05) is 31.9 Å². The van der Waals surface area contributed by atoms with Crippen molar-refractivity contribution in [3.05, 3.63) is 35.6 Å². The van der Waals surface area contributed by atoms with Crippen LogP contribution in [0.2, 0.25) is 0 Å². The van der Waals surface area contributed by atoms with Crippen molar-refractivity contribution in [2.24, 2.45) is 5.92 Å². The van der Waals surface area contributed by atoms with Crippen molar-refractivity contribution in [1.29, 1.82) is 0 Å². The molecule has 3 nitrogen and oxygen atoms in total. The quantitative estimate of drug-likeness (QED) is 0.869. The number of carbonyl (C=O) groups is 1. The number of rotatable bonds is 6. The van der Waals surface area contributed by atoms with Crippen molar-refractivity contribution in [2.45, 2.75) is 51.6 Å². The van der Waals surface area contributed by atoms with Crippen LogP contribution in [0.25, 0.3) is 0 Å². The Bertz CT molecular complexity index is 478. The minimum atomic E-state index is -0.775. The molecule has 0 amide bonds. The predicted octanol–water partition coefficient (Wildman–Crippen LogP) is 3.68. The second-order valence-electron chi connectivity index (χ2n) is 6.07. The van der Waals surface area contributed by atoms with E-state index in [4.69, 9.17) is 5.11 Å². The minimum Gasteiger partial charge on any atom is -0.481 e. The predicted molar refractivity (Wildman–Crippen MR) is 80.5 cm³/mol. The fourth-order valence-corrected chi connectivity index (χ4v) is 3.31. The molecule has 1 saturated carbocycles. The highest BCUT2D eigenvalue weighted by molar-refractivity contribution is 5.66. The first-order valence-electron chi connectivity index (χ1n) is 7.76. The van der Waals surface area contributed by atoms with E-state index in [0.717, 1.165) is 12.0 Å². The first kappa shape index (κ1) is 16.0. The molecule has 1 aliphatic rings. The highest BCUT2D eigenvalue weighted by Gasteiger charge is 2.27. The number of aliphatic carboxylic acids is 1. The van der Waals surface area contributed by atoms with Gasteiger partial charge in [0, 0.05) is 19.1 Å². The third-order valence-electron chi connectivity index (χ3n) is 4.42. The molecule has 1 aliphatic carbocycles. The van der Waals surface area contributed by atoms with Gasteiger partial charge in [-0.3, -0.25) is 9.69 Å². The van der Waals surface area contributed by atoms with E-state index in [1.54, 1.807) is 12.1 Å². The van der Waals surface area contributed by atoms with Gasteiger partial charge in [-0.2, -0.15) is 0 Å². The van der Waals surface area contributed by atoms with Crippen LogP contribution < -0.4 is 0 Å². The lowest BCUT2D eigenvalue weighted by atomic mass is 9.84. The topological polar surface area (TPSA) is 40.5 Å². The van der Waals surface area contributed by atoms with E-state index in [2.05, 4.69) is 11.8 Å². The van der Waals surface area contributed by atoms with E-state index in [0.29, 0.717) is 25.0 Å². The van der Waals surface area contributed by atoms with Gasteiger partial charge in [-0.05, 0) is 36.5 Å². The second kappa shape index (κ2) is 7.55. The smallest absolute Gasteiger partial charge is 0.304 e. The Hall–Kier alpha value is -1.42. The molecular formula is C17H24FNO2. The van der Waals surface area contributed by atoms with Gasteiger partial charge in [0.2, 0.25) is 0 Å². The summed E-state index contributed by atoms with van der Waals surface area (Å²) in [6.45, 7) is 3.39. The fourth-order valence-electron chi connectivity index (χ4n) is 3.31. The van der Waals surface area contributed by atoms with Crippen LogP contribution in [0.1, 0.15) is 44.6 Å². The minimum absolute atomic E-state index is 0.137. The third kappa shape index (κ3) is 4.81. The molecule has 1 aromatic rings. The first-order chi connectivity index (χ1) is 10.1. The Balaban J connectivity index is 2.08. The van der Waals surface area contributed by atoms with Crippen LogP contribution >= 0.6 is 0 Å². The molecule has 0 heterocycles. The summed E-state index contributed by atoms with van der Waals surface area (Å²) in [4.78, 5) is 13.1. The molecule has 2 unspecified atom stereocenters. The average molecular weight is 293 g/mol. The van der Waals surface area contributed by atoms with Crippen LogP contribution in [-0.2, 0) is 11.3 Å². The number of hydrogen-bond acceptors (Lipinski definition) is 2. The number of halogens is 1. The molecule has 2 atom stereocenters. The summed E-state index contributed by atoms with van der Waals surface area (Å²) >= 11 is 0. The summed E-state index contributed by atoms with van der Waals surface area (Å²) in [7, 11) is 0. The zero-order chi connectivity index (χ0) is 15.2. The zero-order valence-corrected chi connectivity index (χ0v) is 12.6. The molecule has 1 aromatic carbocycles. The van der Waals surface area contributed by atoms with Crippen LogP contribution in [0, 0.1) is 11.7 Å². The van der Waals surface area contributed by atoms with Crippen LogP contribution in [0.5, 0.6) is 0 Å². The van der Waals surface area contributed by atoms with Gasteiger partial charge in [0.25, 0.3) is 0 Å². The molecular weight excluding hydrogens is 269 g/mol. The maximum atomic E-state index is 13.3. The summed E-state index contributed by atoms with van der Waals surface area (Å²) in [6.07, 6.45) is 4.89. The van der Waals surface area contributed by atoms with Crippen molar-refractivity contribution >= 4 is 5.97 Å². The Kier molecular flexibility index (Phi) is 5.74. The molecule has 0 spiro atoms. The number of hydrogen-bond donors (Lipinski definition) is 1. The molecule has 21 heavy (non-hydrogen) atoms. The normalized spacial score (nSPS) is 22.4. The van der Waals surface area contributed by atoms with E-state index in [9.17, 15) is 9.18 Å². The lowest BCUT2D eigenvalue weighted by Gasteiger charge is -2.38. The summed E-state index contributed by atoms with van der Waals surface area (Å²) in [5.74, 6) is -0.439. The number of benzene rings is 1. The molecule has 0 saturated heterocycles. The number of carboxylic acids is 1. The van der Waals surface area contributed by atoms with Crippen molar-refractivity contribution in [1.82, 2.24) is 4.90 Å². The van der Waals surface area contributed by atoms with E-state index in [1.165, 1.54) is 25.3 Å². The molecule has 4 heteroatoms. The lowest BCUT2D eigenvalue weighted by molar-refractivity contribution is -0.137. The Morgan fingerprint density at radius 3 is 2.81 bits per heavy atom. The maximum absolute atomic E-state index is 13.3. The van der Waals surface area contributed by atoms with Crippen LogP contribution in [0.15, 0.2) is 24.3 Å². The Labute approximate surface area is 125 Å². The van der Waals surface area contributed by atoms with E-state index < -0.39 is 5.97 Å². The third-order valence-corrected chi connectivity index (χ3v) is 4.42. The maximum Gasteiger partial charge on any atom is 0.304 e. The van der Waals surface area contributed by atoms with Crippen LogP contribution in [0.4, 0.5) is 4.39 Å².